The van der Waals surface area contributed by atoms with E-state index in [1.54, 1.807) is 18.8 Å². The van der Waals surface area contributed by atoms with Crippen LogP contribution in [-0.2, 0) is 0 Å². The maximum atomic E-state index is 12.7. The number of fused-ring (bicyclic) bond motifs is 1. The number of likely N-dealkylation sites (tertiary alicyclic amines) is 2. The van der Waals surface area contributed by atoms with E-state index in [4.69, 9.17) is 4.74 Å². The zero-order valence-electron chi connectivity index (χ0n) is 14.6. The third kappa shape index (κ3) is 3.04. The highest BCUT2D eigenvalue weighted by atomic mass is 32.1. The van der Waals surface area contributed by atoms with Crippen LogP contribution in [0.3, 0.4) is 0 Å². The summed E-state index contributed by atoms with van der Waals surface area (Å²) in [5.41, 5.74) is 3.07. The summed E-state index contributed by atoms with van der Waals surface area (Å²) in [4.78, 5) is 22.0. The minimum Gasteiger partial charge on any atom is -0.497 e. The summed E-state index contributed by atoms with van der Waals surface area (Å²) < 4.78 is 5.28. The number of rotatable bonds is 3. The average molecular weight is 357 g/mol. The lowest BCUT2D eigenvalue weighted by molar-refractivity contribution is 0.0612. The predicted molar refractivity (Wildman–Crippen MR) is 98.3 cm³/mol. The molecule has 4 rings (SSSR count). The molecule has 2 aromatic rings. The van der Waals surface area contributed by atoms with Crippen LogP contribution in [0, 0.1) is 5.92 Å². The highest BCUT2D eigenvalue weighted by Gasteiger charge is 2.44. The first kappa shape index (κ1) is 16.5. The van der Waals surface area contributed by atoms with Crippen molar-refractivity contribution in [1.82, 2.24) is 14.8 Å². The lowest BCUT2D eigenvalue weighted by Gasteiger charge is -2.38. The number of hydrogen-bond donors (Lipinski definition) is 0. The number of aromatic nitrogens is 1. The van der Waals surface area contributed by atoms with Crippen LogP contribution in [0.25, 0.3) is 0 Å². The van der Waals surface area contributed by atoms with Gasteiger partial charge in [-0.2, -0.15) is 0 Å². The van der Waals surface area contributed by atoms with Crippen molar-refractivity contribution >= 4 is 17.2 Å². The molecule has 132 valence electrons. The molecule has 0 bridgehead atoms. The molecule has 2 fully saturated rings. The summed E-state index contributed by atoms with van der Waals surface area (Å²) in [5.74, 6) is 1.95. The van der Waals surface area contributed by atoms with Crippen molar-refractivity contribution in [3.63, 3.8) is 0 Å². The van der Waals surface area contributed by atoms with Crippen molar-refractivity contribution in [2.24, 2.45) is 5.92 Å². The van der Waals surface area contributed by atoms with Gasteiger partial charge in [0.1, 0.15) is 10.6 Å². The molecule has 2 aliphatic rings. The molecule has 1 amide bonds. The lowest BCUT2D eigenvalue weighted by Crippen LogP contribution is -2.47. The Bertz CT molecular complexity index is 732. The normalized spacial score (nSPS) is 26.5. The Labute approximate surface area is 152 Å². The first-order valence-electron chi connectivity index (χ1n) is 8.69. The van der Waals surface area contributed by atoms with Gasteiger partial charge in [-0.05, 0) is 31.2 Å². The van der Waals surface area contributed by atoms with Crippen LogP contribution in [0.1, 0.15) is 27.6 Å². The van der Waals surface area contributed by atoms with E-state index in [2.05, 4.69) is 29.1 Å². The molecule has 1 aromatic carbocycles. The average Bonchev–Trinajstić information content (AvgIpc) is 3.29. The van der Waals surface area contributed by atoms with E-state index >= 15 is 0 Å². The largest absolute Gasteiger partial charge is 0.497 e. The topological polar surface area (TPSA) is 45.7 Å². The van der Waals surface area contributed by atoms with Gasteiger partial charge in [0.05, 0.1) is 18.8 Å². The van der Waals surface area contributed by atoms with Crippen molar-refractivity contribution < 1.29 is 9.53 Å². The third-order valence-electron chi connectivity index (χ3n) is 5.66. The van der Waals surface area contributed by atoms with E-state index in [9.17, 15) is 4.79 Å². The van der Waals surface area contributed by atoms with Crippen molar-refractivity contribution in [2.45, 2.75) is 18.4 Å². The van der Waals surface area contributed by atoms with Crippen LogP contribution in [-0.4, -0.2) is 60.5 Å². The van der Waals surface area contributed by atoms with E-state index in [0.717, 1.165) is 36.7 Å². The zero-order valence-corrected chi connectivity index (χ0v) is 15.4. The first-order chi connectivity index (χ1) is 12.2. The number of ether oxygens (including phenoxy) is 1. The Kier molecular flexibility index (Phi) is 4.48. The molecule has 2 saturated heterocycles. The maximum Gasteiger partial charge on any atom is 0.265 e. The Hall–Kier alpha value is -1.92. The number of carbonyl (C=O) groups excluding carboxylic acids is 1. The van der Waals surface area contributed by atoms with Crippen molar-refractivity contribution in [3.05, 3.63) is 46.4 Å². The number of likely N-dealkylation sites (N-methyl/N-ethyl adjacent to an activating group) is 1. The van der Waals surface area contributed by atoms with E-state index in [1.165, 1.54) is 16.9 Å². The molecule has 3 atom stereocenters. The summed E-state index contributed by atoms with van der Waals surface area (Å²) in [5, 5.41) is 0. The summed E-state index contributed by atoms with van der Waals surface area (Å²) in [6.07, 6.45) is 2.72. The van der Waals surface area contributed by atoms with Crippen molar-refractivity contribution in [2.75, 3.05) is 33.8 Å². The molecule has 5 nitrogen and oxygen atoms in total. The summed E-state index contributed by atoms with van der Waals surface area (Å²) in [6, 6.07) is 8.96. The third-order valence-corrected chi connectivity index (χ3v) is 6.42. The SMILES string of the molecule is COc1ccc([C@H]2CN(C)[C@@H]3CCN(C(=O)c4cncs4)C[C@H]23)cc1. The van der Waals surface area contributed by atoms with Gasteiger partial charge in [-0.15, -0.1) is 11.3 Å². The molecule has 2 aliphatic heterocycles. The minimum atomic E-state index is 0.129. The zero-order chi connectivity index (χ0) is 17.4. The van der Waals surface area contributed by atoms with Crippen LogP contribution >= 0.6 is 11.3 Å². The number of carbonyl (C=O) groups is 1. The van der Waals surface area contributed by atoms with E-state index in [0.29, 0.717) is 17.9 Å². The van der Waals surface area contributed by atoms with Gasteiger partial charge >= 0.3 is 0 Å². The van der Waals surface area contributed by atoms with Gasteiger partial charge < -0.3 is 14.5 Å². The smallest absolute Gasteiger partial charge is 0.265 e. The van der Waals surface area contributed by atoms with Crippen LogP contribution in [0.15, 0.2) is 36.0 Å². The number of methoxy groups -OCH3 is 1. The van der Waals surface area contributed by atoms with Gasteiger partial charge in [-0.25, -0.2) is 0 Å². The highest BCUT2D eigenvalue weighted by Crippen LogP contribution is 2.41. The van der Waals surface area contributed by atoms with Crippen LogP contribution < -0.4 is 4.74 Å². The molecule has 0 N–H and O–H groups in total. The summed E-state index contributed by atoms with van der Waals surface area (Å²) in [6.45, 7) is 2.70. The monoisotopic (exact) mass is 357 g/mol. The molecule has 0 saturated carbocycles. The minimum absolute atomic E-state index is 0.129. The van der Waals surface area contributed by atoms with Gasteiger partial charge in [0, 0.05) is 37.5 Å². The molecule has 6 heteroatoms. The van der Waals surface area contributed by atoms with Crippen LogP contribution in [0.5, 0.6) is 5.75 Å². The Morgan fingerprint density at radius 1 is 1.28 bits per heavy atom. The number of piperidine rings is 1. The fourth-order valence-electron chi connectivity index (χ4n) is 4.36. The molecule has 1 aromatic heterocycles. The number of thiazole rings is 1. The fourth-order valence-corrected chi connectivity index (χ4v) is 4.95. The number of nitrogens with zero attached hydrogens (tertiary/aromatic N) is 3. The van der Waals surface area contributed by atoms with Crippen LogP contribution in [0.4, 0.5) is 0 Å². The number of benzene rings is 1. The summed E-state index contributed by atoms with van der Waals surface area (Å²) >= 11 is 1.43. The molecule has 0 spiro atoms. The van der Waals surface area contributed by atoms with Gasteiger partial charge in [0.2, 0.25) is 0 Å². The quantitative estimate of drug-likeness (QED) is 0.847. The molecule has 3 heterocycles. The van der Waals surface area contributed by atoms with E-state index in [1.807, 2.05) is 17.0 Å². The first-order valence-corrected chi connectivity index (χ1v) is 9.57. The Balaban J connectivity index is 1.55. The standard InChI is InChI=1S/C19H23N3O2S/c1-21-10-15(13-3-5-14(24-2)6-4-13)16-11-22(8-7-17(16)21)19(23)18-9-20-12-25-18/h3-6,9,12,15-17H,7-8,10-11H2,1-2H3/t15-,16-,17-/m1/s1. The van der Waals surface area contributed by atoms with Gasteiger partial charge in [-0.1, -0.05) is 12.1 Å². The molecular formula is C19H23N3O2S. The number of hydrogen-bond acceptors (Lipinski definition) is 5. The Morgan fingerprint density at radius 2 is 2.08 bits per heavy atom. The summed E-state index contributed by atoms with van der Waals surface area (Å²) in [7, 11) is 3.90. The molecule has 0 unspecified atom stereocenters. The van der Waals surface area contributed by atoms with E-state index in [-0.39, 0.29) is 5.91 Å². The molecule has 25 heavy (non-hydrogen) atoms. The van der Waals surface area contributed by atoms with Crippen LogP contribution in [0.2, 0.25) is 0 Å². The molecule has 0 aliphatic carbocycles. The van der Waals surface area contributed by atoms with Crippen molar-refractivity contribution in [1.29, 1.82) is 0 Å². The van der Waals surface area contributed by atoms with Gasteiger partial charge in [0.25, 0.3) is 5.91 Å². The highest BCUT2D eigenvalue weighted by molar-refractivity contribution is 7.11. The Morgan fingerprint density at radius 3 is 2.76 bits per heavy atom. The van der Waals surface area contributed by atoms with Gasteiger partial charge in [-0.3, -0.25) is 9.78 Å². The maximum absolute atomic E-state index is 12.7. The van der Waals surface area contributed by atoms with E-state index < -0.39 is 0 Å². The molecular weight excluding hydrogens is 334 g/mol. The second-order valence-electron chi connectivity index (χ2n) is 6.96. The molecule has 0 radical (unpaired) electrons. The second-order valence-corrected chi connectivity index (χ2v) is 7.84. The van der Waals surface area contributed by atoms with Crippen molar-refractivity contribution in [3.8, 4) is 5.75 Å². The second kappa shape index (κ2) is 6.77. The van der Waals surface area contributed by atoms with Gasteiger partial charge in [0.15, 0.2) is 0 Å². The lowest BCUT2D eigenvalue weighted by atomic mass is 9.81. The predicted octanol–water partition coefficient (Wildman–Crippen LogP) is 2.71. The fraction of sp³-hybridized carbons (Fsp3) is 0.474. The number of amides is 1.